The number of hydrogen-bond donors (Lipinski definition) is 3. The third kappa shape index (κ3) is 4.03. The highest BCUT2D eigenvalue weighted by Crippen LogP contribution is 2.17. The molecule has 0 aliphatic heterocycles. The molecule has 21 heavy (non-hydrogen) atoms. The van der Waals surface area contributed by atoms with Crippen molar-refractivity contribution in [2.45, 2.75) is 19.9 Å². The molecule has 1 atom stereocenters. The second kappa shape index (κ2) is 6.85. The lowest BCUT2D eigenvalue weighted by atomic mass is 10.1. The summed E-state index contributed by atoms with van der Waals surface area (Å²) in [6, 6.07) is 10.7. The highest BCUT2D eigenvalue weighted by atomic mass is 16.2. The quantitative estimate of drug-likeness (QED) is 0.789. The van der Waals surface area contributed by atoms with Crippen molar-refractivity contribution in [1.82, 2.24) is 10.3 Å². The molecule has 1 aromatic carbocycles. The van der Waals surface area contributed by atoms with Crippen molar-refractivity contribution in [3.63, 3.8) is 0 Å². The van der Waals surface area contributed by atoms with E-state index in [2.05, 4.69) is 29.5 Å². The van der Waals surface area contributed by atoms with E-state index in [9.17, 15) is 9.59 Å². The summed E-state index contributed by atoms with van der Waals surface area (Å²) in [5.74, 6) is -0.297. The molecule has 0 bridgehead atoms. The largest absolute Gasteiger partial charge is 0.329 e. The zero-order valence-corrected chi connectivity index (χ0v) is 12.1. The Morgan fingerprint density at radius 1 is 1.29 bits per heavy atom. The Hall–Kier alpha value is -2.40. The normalized spacial score (nSPS) is 11.9. The van der Waals surface area contributed by atoms with Gasteiger partial charge in [-0.05, 0) is 37.2 Å². The summed E-state index contributed by atoms with van der Waals surface area (Å²) in [7, 11) is 0. The van der Waals surface area contributed by atoms with Crippen LogP contribution in [0.4, 0.5) is 5.69 Å². The van der Waals surface area contributed by atoms with Crippen LogP contribution in [-0.4, -0.2) is 17.4 Å². The Morgan fingerprint density at radius 3 is 2.81 bits per heavy atom. The second-order valence-corrected chi connectivity index (χ2v) is 4.80. The van der Waals surface area contributed by atoms with Gasteiger partial charge in [0.05, 0.1) is 0 Å². The number of rotatable bonds is 5. The maximum Gasteiger partial charge on any atom is 0.255 e. The number of hydrogen-bond acceptors (Lipinski definition) is 3. The first kappa shape index (κ1) is 15.0. The highest BCUT2D eigenvalue weighted by Gasteiger charge is 2.08. The molecule has 110 valence electrons. The van der Waals surface area contributed by atoms with Gasteiger partial charge in [-0.15, -0.1) is 0 Å². The molecule has 5 nitrogen and oxygen atoms in total. The number of anilines is 1. The standard InChI is InChI=1S/C16H19N3O2/c1-3-17-11(2)12-5-4-6-14(9-12)19-16(21)13-7-8-18-15(20)10-13/h4-11,17H,3H2,1-2H3,(H,18,20)(H,19,21). The van der Waals surface area contributed by atoms with Crippen LogP contribution in [0.3, 0.4) is 0 Å². The van der Waals surface area contributed by atoms with Crippen molar-refractivity contribution in [1.29, 1.82) is 0 Å². The molecule has 0 aliphatic carbocycles. The van der Waals surface area contributed by atoms with Gasteiger partial charge in [0, 0.05) is 29.6 Å². The van der Waals surface area contributed by atoms with Gasteiger partial charge < -0.3 is 15.6 Å². The number of amides is 1. The van der Waals surface area contributed by atoms with Gasteiger partial charge in [-0.25, -0.2) is 0 Å². The van der Waals surface area contributed by atoms with Gasteiger partial charge in [-0.1, -0.05) is 19.1 Å². The van der Waals surface area contributed by atoms with Crippen LogP contribution in [-0.2, 0) is 0 Å². The minimum absolute atomic E-state index is 0.214. The molecule has 1 heterocycles. The van der Waals surface area contributed by atoms with Gasteiger partial charge >= 0.3 is 0 Å². The molecule has 2 rings (SSSR count). The number of nitrogens with one attached hydrogen (secondary N) is 3. The third-order valence-electron chi connectivity index (χ3n) is 3.19. The van der Waals surface area contributed by atoms with Gasteiger partial charge in [0.25, 0.3) is 5.91 Å². The fraction of sp³-hybridized carbons (Fsp3) is 0.250. The maximum absolute atomic E-state index is 12.1. The SMILES string of the molecule is CCNC(C)c1cccc(NC(=O)c2cc[nH]c(=O)c2)c1. The lowest BCUT2D eigenvalue weighted by molar-refractivity contribution is 0.102. The van der Waals surface area contributed by atoms with Gasteiger partial charge in [-0.2, -0.15) is 0 Å². The van der Waals surface area contributed by atoms with E-state index in [0.717, 1.165) is 12.1 Å². The molecule has 2 aromatic rings. The van der Waals surface area contributed by atoms with E-state index >= 15 is 0 Å². The molecule has 0 saturated carbocycles. The Labute approximate surface area is 123 Å². The topological polar surface area (TPSA) is 74.0 Å². The van der Waals surface area contributed by atoms with E-state index in [1.807, 2.05) is 24.3 Å². The van der Waals surface area contributed by atoms with Crippen LogP contribution < -0.4 is 16.2 Å². The third-order valence-corrected chi connectivity index (χ3v) is 3.19. The van der Waals surface area contributed by atoms with Crippen LogP contribution in [0.15, 0.2) is 47.4 Å². The summed E-state index contributed by atoms with van der Waals surface area (Å²) in [5, 5.41) is 6.13. The zero-order valence-electron chi connectivity index (χ0n) is 12.1. The van der Waals surface area contributed by atoms with E-state index in [1.54, 1.807) is 6.07 Å². The van der Waals surface area contributed by atoms with Crippen LogP contribution in [0.2, 0.25) is 0 Å². The lowest BCUT2D eigenvalue weighted by Gasteiger charge is -2.14. The van der Waals surface area contributed by atoms with Gasteiger partial charge in [0.2, 0.25) is 5.56 Å². The van der Waals surface area contributed by atoms with Crippen LogP contribution in [0.1, 0.15) is 35.8 Å². The summed E-state index contributed by atoms with van der Waals surface area (Å²) in [5.41, 5.74) is 1.85. The summed E-state index contributed by atoms with van der Waals surface area (Å²) >= 11 is 0. The van der Waals surface area contributed by atoms with E-state index in [1.165, 1.54) is 12.3 Å². The van der Waals surface area contributed by atoms with E-state index < -0.39 is 0 Å². The monoisotopic (exact) mass is 285 g/mol. The summed E-state index contributed by atoms with van der Waals surface area (Å²) in [4.78, 5) is 25.8. The Morgan fingerprint density at radius 2 is 2.10 bits per heavy atom. The lowest BCUT2D eigenvalue weighted by Crippen LogP contribution is -2.18. The van der Waals surface area contributed by atoms with Crippen molar-refractivity contribution in [3.8, 4) is 0 Å². The fourth-order valence-electron chi connectivity index (χ4n) is 2.10. The summed E-state index contributed by atoms with van der Waals surface area (Å²) < 4.78 is 0. The smallest absolute Gasteiger partial charge is 0.255 e. The average Bonchev–Trinajstić information content (AvgIpc) is 2.48. The highest BCUT2D eigenvalue weighted by molar-refractivity contribution is 6.04. The number of carbonyl (C=O) groups excluding carboxylic acids is 1. The van der Waals surface area contributed by atoms with Crippen molar-refractivity contribution in [2.75, 3.05) is 11.9 Å². The van der Waals surface area contributed by atoms with Crippen molar-refractivity contribution >= 4 is 11.6 Å². The average molecular weight is 285 g/mol. The fourth-order valence-corrected chi connectivity index (χ4v) is 2.10. The number of pyridine rings is 1. The number of carbonyl (C=O) groups is 1. The molecule has 1 aromatic heterocycles. The molecule has 0 fully saturated rings. The molecule has 1 amide bonds. The van der Waals surface area contributed by atoms with E-state index in [4.69, 9.17) is 0 Å². The van der Waals surface area contributed by atoms with Crippen LogP contribution in [0.25, 0.3) is 0 Å². The molecule has 3 N–H and O–H groups in total. The molecule has 0 spiro atoms. The van der Waals surface area contributed by atoms with Gasteiger partial charge in [-0.3, -0.25) is 9.59 Å². The van der Waals surface area contributed by atoms with Crippen molar-refractivity contribution in [3.05, 3.63) is 64.1 Å². The Bertz CT molecular complexity index is 679. The van der Waals surface area contributed by atoms with Crippen LogP contribution in [0, 0.1) is 0 Å². The van der Waals surface area contributed by atoms with Crippen molar-refractivity contribution < 1.29 is 4.79 Å². The molecule has 1 unspecified atom stereocenters. The zero-order chi connectivity index (χ0) is 15.2. The Balaban J connectivity index is 2.14. The molecule has 0 saturated heterocycles. The van der Waals surface area contributed by atoms with Crippen LogP contribution >= 0.6 is 0 Å². The molecular weight excluding hydrogens is 266 g/mol. The number of aromatic nitrogens is 1. The Kier molecular flexibility index (Phi) is 4.90. The van der Waals surface area contributed by atoms with E-state index in [0.29, 0.717) is 11.3 Å². The number of H-pyrrole nitrogens is 1. The second-order valence-electron chi connectivity index (χ2n) is 4.80. The van der Waals surface area contributed by atoms with E-state index in [-0.39, 0.29) is 17.5 Å². The number of benzene rings is 1. The van der Waals surface area contributed by atoms with Gasteiger partial charge in [0.1, 0.15) is 0 Å². The first-order valence-corrected chi connectivity index (χ1v) is 6.93. The summed E-state index contributed by atoms with van der Waals surface area (Å²) in [6.07, 6.45) is 1.46. The predicted molar refractivity (Wildman–Crippen MR) is 83.5 cm³/mol. The molecule has 5 heteroatoms. The molecular formula is C16H19N3O2. The molecule has 0 radical (unpaired) electrons. The van der Waals surface area contributed by atoms with Gasteiger partial charge in [0.15, 0.2) is 0 Å². The summed E-state index contributed by atoms with van der Waals surface area (Å²) in [6.45, 7) is 5.00. The molecule has 0 aliphatic rings. The van der Waals surface area contributed by atoms with Crippen LogP contribution in [0.5, 0.6) is 0 Å². The minimum Gasteiger partial charge on any atom is -0.329 e. The minimum atomic E-state index is -0.297. The first-order valence-electron chi connectivity index (χ1n) is 6.93. The predicted octanol–water partition coefficient (Wildman–Crippen LogP) is 2.30. The first-order chi connectivity index (χ1) is 10.1. The van der Waals surface area contributed by atoms with Crippen molar-refractivity contribution in [2.24, 2.45) is 0 Å². The maximum atomic E-state index is 12.1. The number of aromatic amines is 1.